The molecule has 3 aromatic heterocycles. The molecule has 4 aromatic rings. The van der Waals surface area contributed by atoms with Gasteiger partial charge in [-0.25, -0.2) is 4.98 Å². The lowest BCUT2D eigenvalue weighted by Crippen LogP contribution is -2.35. The van der Waals surface area contributed by atoms with Gasteiger partial charge in [-0.15, -0.1) is 11.3 Å². The molecule has 0 unspecified atom stereocenters. The molecule has 5 N–H and O–H groups in total. The number of hydrogen-bond donors (Lipinski definition) is 4. The van der Waals surface area contributed by atoms with Crippen LogP contribution in [0.25, 0.3) is 15.7 Å². The van der Waals surface area contributed by atoms with Crippen LogP contribution in [-0.2, 0) is 17.9 Å². The van der Waals surface area contributed by atoms with Crippen molar-refractivity contribution in [3.05, 3.63) is 82.9 Å². The topological polar surface area (TPSA) is 96.5 Å². The van der Waals surface area contributed by atoms with Crippen LogP contribution in [0.15, 0.2) is 66.1 Å². The lowest BCUT2D eigenvalue weighted by atomic mass is 10.2. The second-order valence-electron chi connectivity index (χ2n) is 7.79. The third-order valence-electron chi connectivity index (χ3n) is 5.48. The van der Waals surface area contributed by atoms with Gasteiger partial charge in [0.15, 0.2) is 0 Å². The van der Waals surface area contributed by atoms with Gasteiger partial charge in [-0.05, 0) is 58.9 Å². The van der Waals surface area contributed by atoms with E-state index in [1.54, 1.807) is 17.5 Å². The van der Waals surface area contributed by atoms with Crippen molar-refractivity contribution in [3.63, 3.8) is 0 Å². The van der Waals surface area contributed by atoms with Crippen molar-refractivity contribution in [3.8, 4) is 0 Å². The van der Waals surface area contributed by atoms with E-state index in [-0.39, 0.29) is 11.6 Å². The third-order valence-corrected chi connectivity index (χ3v) is 6.36. The molecule has 7 nitrogen and oxygen atoms in total. The van der Waals surface area contributed by atoms with E-state index in [0.29, 0.717) is 19.0 Å². The largest absolute Gasteiger partial charge is 0.383 e. The summed E-state index contributed by atoms with van der Waals surface area (Å²) in [6, 6.07) is 12.5. The van der Waals surface area contributed by atoms with E-state index in [4.69, 9.17) is 5.84 Å². The molecule has 0 saturated heterocycles. The van der Waals surface area contributed by atoms with Crippen molar-refractivity contribution in [2.45, 2.75) is 31.8 Å². The van der Waals surface area contributed by atoms with E-state index >= 15 is 0 Å². The number of nitrogens with zero attached hydrogens (tertiary/aromatic N) is 2. The van der Waals surface area contributed by atoms with Crippen molar-refractivity contribution in [1.82, 2.24) is 25.4 Å². The summed E-state index contributed by atoms with van der Waals surface area (Å²) in [4.78, 5) is 17.1. The molecule has 3 heterocycles. The van der Waals surface area contributed by atoms with E-state index in [2.05, 4.69) is 67.4 Å². The van der Waals surface area contributed by atoms with Crippen LogP contribution in [0.1, 0.15) is 35.6 Å². The smallest absolute Gasteiger partial charge is 0.270 e. The number of carbonyl (C=O) groups excluding carboxylic acids is 1. The fourth-order valence-electron chi connectivity index (χ4n) is 3.62. The number of imidazole rings is 1. The standard InChI is InChI=1S/C23H24N6OS/c24-28-20(23(30)26-10-15-1-2-17-7-8-31-21(17)9-15)12-25-11-19-14-29-13-18(16-3-4-16)5-6-22(29)27-19/h1-2,5-9,12-14,16,25,28H,3-4,10-11,24H2,(H,26,30)/b20-12-. The Hall–Kier alpha value is -3.36. The van der Waals surface area contributed by atoms with Gasteiger partial charge < -0.3 is 20.5 Å². The summed E-state index contributed by atoms with van der Waals surface area (Å²) >= 11 is 1.69. The Morgan fingerprint density at radius 2 is 2.10 bits per heavy atom. The first-order chi connectivity index (χ1) is 15.2. The fourth-order valence-corrected chi connectivity index (χ4v) is 4.47. The zero-order valence-electron chi connectivity index (χ0n) is 17.0. The Balaban J connectivity index is 1.18. The van der Waals surface area contributed by atoms with Crippen LogP contribution in [0.2, 0.25) is 0 Å². The maximum Gasteiger partial charge on any atom is 0.270 e. The summed E-state index contributed by atoms with van der Waals surface area (Å²) in [6.07, 6.45) is 8.31. The molecule has 0 spiro atoms. The van der Waals surface area contributed by atoms with Gasteiger partial charge in [0.05, 0.1) is 12.2 Å². The minimum Gasteiger partial charge on any atom is -0.383 e. The van der Waals surface area contributed by atoms with Crippen LogP contribution in [0.3, 0.4) is 0 Å². The Bertz CT molecular complexity index is 1270. The number of carbonyl (C=O) groups is 1. The third kappa shape index (κ3) is 4.40. The Kier molecular flexibility index (Phi) is 5.31. The van der Waals surface area contributed by atoms with Gasteiger partial charge in [-0.1, -0.05) is 18.2 Å². The van der Waals surface area contributed by atoms with E-state index in [1.165, 1.54) is 28.5 Å². The lowest BCUT2D eigenvalue weighted by molar-refractivity contribution is -0.118. The number of nitrogens with two attached hydrogens (primary N) is 1. The molecule has 1 saturated carbocycles. The van der Waals surface area contributed by atoms with Gasteiger partial charge in [0.25, 0.3) is 5.91 Å². The average molecular weight is 433 g/mol. The summed E-state index contributed by atoms with van der Waals surface area (Å²) in [6.45, 7) is 0.926. The summed E-state index contributed by atoms with van der Waals surface area (Å²) in [5.41, 5.74) is 6.95. The number of amides is 1. The highest BCUT2D eigenvalue weighted by atomic mass is 32.1. The summed E-state index contributed by atoms with van der Waals surface area (Å²) in [5, 5.41) is 9.29. The number of hydrogen-bond acceptors (Lipinski definition) is 6. The predicted molar refractivity (Wildman–Crippen MR) is 123 cm³/mol. The molecule has 31 heavy (non-hydrogen) atoms. The Morgan fingerprint density at radius 1 is 1.19 bits per heavy atom. The maximum absolute atomic E-state index is 12.5. The predicted octanol–water partition coefficient (Wildman–Crippen LogP) is 3.14. The molecule has 5 rings (SSSR count). The van der Waals surface area contributed by atoms with Gasteiger partial charge >= 0.3 is 0 Å². The number of pyridine rings is 1. The van der Waals surface area contributed by atoms with Crippen molar-refractivity contribution in [2.75, 3.05) is 0 Å². The molecule has 0 bridgehead atoms. The van der Waals surface area contributed by atoms with Crippen LogP contribution in [-0.4, -0.2) is 15.3 Å². The van der Waals surface area contributed by atoms with Crippen LogP contribution >= 0.6 is 11.3 Å². The van der Waals surface area contributed by atoms with Crippen LogP contribution in [0.4, 0.5) is 0 Å². The maximum atomic E-state index is 12.5. The fraction of sp³-hybridized carbons (Fsp3) is 0.217. The highest BCUT2D eigenvalue weighted by Crippen LogP contribution is 2.39. The number of rotatable bonds is 8. The highest BCUT2D eigenvalue weighted by molar-refractivity contribution is 7.17. The normalized spacial score (nSPS) is 14.2. The number of benzene rings is 1. The van der Waals surface area contributed by atoms with Gasteiger partial charge in [0.1, 0.15) is 11.3 Å². The Labute approximate surface area is 183 Å². The molecule has 1 aliphatic rings. The molecule has 0 atom stereocenters. The van der Waals surface area contributed by atoms with Gasteiger partial charge in [-0.3, -0.25) is 10.6 Å². The number of nitrogens with one attached hydrogen (secondary N) is 3. The van der Waals surface area contributed by atoms with Gasteiger partial charge in [-0.2, -0.15) is 0 Å². The molecule has 1 amide bonds. The molecule has 1 fully saturated rings. The lowest BCUT2D eigenvalue weighted by Gasteiger charge is -2.09. The molecule has 1 aliphatic carbocycles. The highest BCUT2D eigenvalue weighted by Gasteiger charge is 2.23. The number of thiophene rings is 1. The van der Waals surface area contributed by atoms with Crippen LogP contribution in [0, 0.1) is 0 Å². The molecule has 8 heteroatoms. The van der Waals surface area contributed by atoms with E-state index in [1.807, 2.05) is 12.3 Å². The summed E-state index contributed by atoms with van der Waals surface area (Å²) < 4.78 is 3.27. The monoisotopic (exact) mass is 432 g/mol. The molecule has 0 radical (unpaired) electrons. The van der Waals surface area contributed by atoms with E-state index in [9.17, 15) is 4.79 Å². The first-order valence-electron chi connectivity index (χ1n) is 10.3. The average Bonchev–Trinajstić information content (AvgIpc) is 3.39. The molecule has 158 valence electrons. The van der Waals surface area contributed by atoms with Crippen molar-refractivity contribution < 1.29 is 4.79 Å². The minimum absolute atomic E-state index is 0.261. The van der Waals surface area contributed by atoms with Crippen molar-refractivity contribution >= 4 is 33.0 Å². The number of fused-ring (bicyclic) bond motifs is 2. The number of aromatic nitrogens is 2. The van der Waals surface area contributed by atoms with Crippen molar-refractivity contribution in [2.24, 2.45) is 5.84 Å². The second-order valence-corrected chi connectivity index (χ2v) is 8.74. The number of hydrazine groups is 1. The molecule has 0 aliphatic heterocycles. The second kappa shape index (κ2) is 8.41. The SMILES string of the molecule is NN/C(=C\NCc1cn2cc(C3CC3)ccc2n1)C(=O)NCc1ccc2ccsc2c1. The van der Waals surface area contributed by atoms with E-state index in [0.717, 1.165) is 16.9 Å². The summed E-state index contributed by atoms with van der Waals surface area (Å²) in [7, 11) is 0. The summed E-state index contributed by atoms with van der Waals surface area (Å²) in [5.74, 6) is 5.99. The first kappa shape index (κ1) is 19.6. The zero-order valence-corrected chi connectivity index (χ0v) is 17.8. The van der Waals surface area contributed by atoms with Crippen LogP contribution in [0.5, 0.6) is 0 Å². The Morgan fingerprint density at radius 3 is 2.94 bits per heavy atom. The zero-order chi connectivity index (χ0) is 21.2. The van der Waals surface area contributed by atoms with Crippen LogP contribution < -0.4 is 21.9 Å². The minimum atomic E-state index is -0.273. The molecule has 1 aromatic carbocycles. The van der Waals surface area contributed by atoms with Crippen molar-refractivity contribution in [1.29, 1.82) is 0 Å². The molecular weight excluding hydrogens is 408 g/mol. The van der Waals surface area contributed by atoms with Gasteiger partial charge in [0, 0.05) is 29.8 Å². The van der Waals surface area contributed by atoms with E-state index < -0.39 is 0 Å². The van der Waals surface area contributed by atoms with Gasteiger partial charge in [0.2, 0.25) is 0 Å². The quantitative estimate of drug-likeness (QED) is 0.195. The first-order valence-corrected chi connectivity index (χ1v) is 11.2. The molecular formula is C23H24N6OS.